The summed E-state index contributed by atoms with van der Waals surface area (Å²) < 4.78 is 214. The fourth-order valence-corrected chi connectivity index (χ4v) is 23.1. The normalized spacial score (nSPS) is 25.8. The van der Waals surface area contributed by atoms with Gasteiger partial charge in [-0.3, -0.25) is 93.6 Å². The number of nitrogens with one attached hydrogen (secondary N) is 4. The number of ether oxygens (including phenoxy) is 16. The van der Waals surface area contributed by atoms with Gasteiger partial charge in [-0.25, -0.2) is 38.2 Å². The number of phosphoric acid groups is 4. The monoisotopic (exact) mass is 2150 g/mol. The predicted molar refractivity (Wildman–Crippen MR) is 497 cm³/mol. The molecule has 12 aromatic rings. The molecule has 0 amide bonds. The second-order valence-corrected chi connectivity index (χ2v) is 40.9. The number of fused-ring (bicyclic) bond motifs is 12. The summed E-state index contributed by atoms with van der Waals surface area (Å²) in [6.07, 6.45) is -10.4. The topological polar surface area (TPSA) is 810 Å². The number of aromatic amines is 4. The number of hydrogen-bond acceptors (Lipinski definition) is 48. The van der Waals surface area contributed by atoms with Crippen LogP contribution >= 0.6 is 31.3 Å². The van der Waals surface area contributed by atoms with Gasteiger partial charge in [-0.1, -0.05) is 20.8 Å². The first-order valence-corrected chi connectivity index (χ1v) is 51.9. The van der Waals surface area contributed by atoms with E-state index in [1.165, 1.54) is 43.6 Å². The number of aliphatic hydroxyl groups is 4. The second-order valence-electron chi connectivity index (χ2n) is 35.3. The number of phosphoric ester groups is 4. The molecule has 16 heterocycles. The number of nitrogens with two attached hydrogens (primary N) is 4. The largest absolute Gasteiger partial charge is 0.487 e. The molecular formula is C84H96N20O40P4. The minimum atomic E-state index is -5.23. The number of anilines is 4. The van der Waals surface area contributed by atoms with Crippen molar-refractivity contribution < 1.29 is 170 Å². The van der Waals surface area contributed by atoms with Gasteiger partial charge in [0.05, 0.1) is 78.2 Å². The quantitative estimate of drug-likeness (QED) is 0.0198. The maximum absolute atomic E-state index is 14.3. The third-order valence-electron chi connectivity index (χ3n) is 26.3. The summed E-state index contributed by atoms with van der Waals surface area (Å²) in [6.45, 7) is -4.24. The molecule has 4 fully saturated rings. The summed E-state index contributed by atoms with van der Waals surface area (Å²) in [6, 6.07) is 8.58. The summed E-state index contributed by atoms with van der Waals surface area (Å²) in [4.78, 5) is 140. The van der Waals surface area contributed by atoms with Crippen LogP contribution in [0.3, 0.4) is 0 Å². The lowest BCUT2D eigenvalue weighted by molar-refractivity contribution is -0.0846. The lowest BCUT2D eigenvalue weighted by Gasteiger charge is -2.39. The molecule has 0 saturated carbocycles. The first kappa shape index (κ1) is 101. The lowest BCUT2D eigenvalue weighted by Crippen LogP contribution is -2.34. The number of nitrogen functional groups attached to an aromatic ring is 4. The van der Waals surface area contributed by atoms with Gasteiger partial charge in [0.1, 0.15) is 106 Å². The average Bonchev–Trinajstić information content (AvgIpc) is 0.800. The van der Waals surface area contributed by atoms with Gasteiger partial charge in [0.2, 0.25) is 61.4 Å². The fourth-order valence-electron chi connectivity index (χ4n) is 19.4. The van der Waals surface area contributed by atoms with Crippen LogP contribution in [0.2, 0.25) is 0 Å². The number of benzene rings is 4. The summed E-state index contributed by atoms with van der Waals surface area (Å²) in [7, 11) is -20.8. The molecule has 148 heavy (non-hydrogen) atoms. The molecule has 0 radical (unpaired) electrons. The average molecular weight is 2150 g/mol. The molecule has 60 nitrogen and oxygen atoms in total. The van der Waals surface area contributed by atoms with Gasteiger partial charge in [-0.05, 0) is 42.8 Å². The number of rotatable bonds is 36. The summed E-state index contributed by atoms with van der Waals surface area (Å²) in [5, 5.41) is 42.2. The highest BCUT2D eigenvalue weighted by Crippen LogP contribution is 2.63. The molecule has 792 valence electrons. The molecule has 8 aromatic heterocycles. The minimum absolute atomic E-state index is 0.00104. The molecule has 0 spiro atoms. The smallest absolute Gasteiger partial charge is 0.472 e. The number of hydrogen-bond donors (Lipinski definition) is 16. The molecule has 20 unspecified atom stereocenters. The highest BCUT2D eigenvalue weighted by Gasteiger charge is 2.51. The Labute approximate surface area is 829 Å². The van der Waals surface area contributed by atoms with E-state index >= 15 is 0 Å². The first-order valence-electron chi connectivity index (χ1n) is 45.9. The van der Waals surface area contributed by atoms with Crippen molar-refractivity contribution in [2.45, 2.75) is 150 Å². The van der Waals surface area contributed by atoms with Gasteiger partial charge in [-0.15, -0.1) is 0 Å². The molecule has 64 heteroatoms. The van der Waals surface area contributed by atoms with E-state index in [0.717, 1.165) is 0 Å². The van der Waals surface area contributed by atoms with Gasteiger partial charge < -0.3 is 139 Å². The van der Waals surface area contributed by atoms with Crippen molar-refractivity contribution in [2.24, 2.45) is 0 Å². The van der Waals surface area contributed by atoms with Crippen LogP contribution in [0.25, 0.3) is 44.7 Å². The highest BCUT2D eigenvalue weighted by molar-refractivity contribution is 7.48. The fraction of sp³-hybridized carbons (Fsp3) is 0.476. The van der Waals surface area contributed by atoms with Crippen molar-refractivity contribution in [3.63, 3.8) is 0 Å². The predicted octanol–water partition coefficient (Wildman–Crippen LogP) is 2.78. The van der Waals surface area contributed by atoms with Crippen molar-refractivity contribution in [2.75, 3.05) is 129 Å². The third-order valence-corrected chi connectivity index (χ3v) is 30.5. The van der Waals surface area contributed by atoms with Crippen LogP contribution in [0.4, 0.5) is 23.8 Å². The molecule has 2 bridgehead atoms. The van der Waals surface area contributed by atoms with E-state index in [2.05, 4.69) is 59.8 Å². The highest BCUT2D eigenvalue weighted by atomic mass is 31.2. The van der Waals surface area contributed by atoms with E-state index in [-0.39, 0.29) is 174 Å². The number of aliphatic hydroxyl groups excluding tert-OH is 4. The third kappa shape index (κ3) is 19.3. The molecule has 20 atom stereocenters. The summed E-state index contributed by atoms with van der Waals surface area (Å²) >= 11 is 0. The maximum atomic E-state index is 14.3. The van der Waals surface area contributed by atoms with Gasteiger partial charge in [0.25, 0.3) is 22.2 Å². The maximum Gasteiger partial charge on any atom is 0.472 e. The molecule has 8 aliphatic rings. The van der Waals surface area contributed by atoms with Gasteiger partial charge >= 0.3 is 31.3 Å². The van der Waals surface area contributed by atoms with Crippen LogP contribution in [0.5, 0.6) is 63.2 Å². The van der Waals surface area contributed by atoms with E-state index in [9.17, 15) is 77.4 Å². The Balaban J connectivity index is 0.639. The van der Waals surface area contributed by atoms with Crippen LogP contribution in [0.15, 0.2) is 74.8 Å². The Morgan fingerprint density at radius 2 is 0.649 bits per heavy atom. The molecule has 4 aromatic carbocycles. The molecule has 20 rings (SSSR count). The Morgan fingerprint density at radius 1 is 0.372 bits per heavy atom. The zero-order valence-corrected chi connectivity index (χ0v) is 81.7. The number of imidazole rings is 4. The standard InChI is InChI=1S/C84H96N20O40P4/c1-34-37-13-43-67(49(14-37)121-5-9-133-145(113,114)141-45-18-54(137-50(45)22-105)101-26-89-58-72(101)93-80(85)97-76(58)109)129-32-130-68-44-17-42-36(3)41-16-40-35(2)39-15-38(34)62(131-33-132-84(43,44)4)69(122-6-10-134-146(115,116)142-46-19-55(138-51(46)23-106)102-27-90-59-73(102)94-81(86)98-77(59)110)63(39)125-30-126-64(40)70(123-7-11-135-147(117,118)143-47-20-56(139-52(47)24-107)103-28-91-60-74(103)95-82(87)99-78(60)111)65(41)127-31-128-66(42)71(68)124-8-12-136-148(119,120)144-48-21-57(140-53(48)25-108)104-29-92-61-75(104)96-83(88)100-79(61)112/h13-17,26-29,34-36,45-48,50-57,105-108H,5-12,18-25,30-33H2,1-4H3,(H,113,114)(H,115,116)(H,117,118)(H,119,120)(H3,85,93,97,109)(H3,86,94,98,110)(H3,87,95,99,111)(H3,88,96,100,112). The van der Waals surface area contributed by atoms with E-state index in [0.29, 0.717) is 27.8 Å². The number of H-pyrrole nitrogens is 4. The van der Waals surface area contributed by atoms with E-state index < -0.39 is 257 Å². The van der Waals surface area contributed by atoms with Crippen LogP contribution in [-0.2, 0) is 83.7 Å². The number of aromatic nitrogens is 16. The van der Waals surface area contributed by atoms with E-state index in [1.54, 1.807) is 58.0 Å². The Kier molecular flexibility index (Phi) is 27.4. The molecule has 8 aliphatic heterocycles. The van der Waals surface area contributed by atoms with Crippen LogP contribution < -0.4 is 97.3 Å². The van der Waals surface area contributed by atoms with E-state index in [1.807, 2.05) is 0 Å². The van der Waals surface area contributed by atoms with Crippen molar-refractivity contribution in [3.8, 4) is 63.2 Å². The number of nitrogens with zero attached hydrogens (tertiary/aromatic N) is 12. The Morgan fingerprint density at radius 3 is 0.973 bits per heavy atom. The first-order chi connectivity index (χ1) is 70.9. The van der Waals surface area contributed by atoms with Crippen molar-refractivity contribution >= 4 is 99.7 Å². The van der Waals surface area contributed by atoms with Crippen molar-refractivity contribution in [3.05, 3.63) is 142 Å². The zero-order valence-electron chi connectivity index (χ0n) is 78.1. The van der Waals surface area contributed by atoms with Crippen LogP contribution in [-0.4, -0.2) is 273 Å². The van der Waals surface area contributed by atoms with Crippen molar-refractivity contribution in [1.29, 1.82) is 0 Å². The molecular weight excluding hydrogens is 2050 g/mol. The van der Waals surface area contributed by atoms with Crippen LogP contribution in [0.1, 0.15) is 141 Å². The summed E-state index contributed by atoms with van der Waals surface area (Å²) in [5.41, 5.74) is 20.6. The second kappa shape index (κ2) is 40.0. The minimum Gasteiger partial charge on any atom is -0.487 e. The Hall–Kier alpha value is -12.6. The van der Waals surface area contributed by atoms with Crippen molar-refractivity contribution in [1.82, 2.24) is 78.1 Å². The van der Waals surface area contributed by atoms with Gasteiger partial charge in [-0.2, -0.15) is 19.9 Å². The Bertz CT molecular complexity index is 7650. The zero-order chi connectivity index (χ0) is 104. The summed E-state index contributed by atoms with van der Waals surface area (Å²) in [5.74, 6) is -5.22. The van der Waals surface area contributed by atoms with E-state index in [4.69, 9.17) is 135 Å². The van der Waals surface area contributed by atoms with Gasteiger partial charge in [0, 0.05) is 82.4 Å². The molecule has 4 saturated heterocycles. The lowest BCUT2D eigenvalue weighted by atomic mass is 9.78. The molecule has 0 aliphatic carbocycles. The SMILES string of the molecule is CC1c2cc(OCCOP(=O)(O)OC3CC(n4cnc5c(=O)[nH]c(N)nc54)OC3CO)c3c(c2)C2(C)OCOc4c1cc1c(c4OCCOP(=O)(O)OC4CC(n5cnc6c(=O)[nH]c(N)nc65)OC4CO)OCOc4c(cc5c(c4OCCOP(=O)(O)OC4CC(n6cnc7c(=O)[nH]c(N)nc76)OC4CO)OCOc4c(cc2c(c4OCCOP(=O)(O)OC2CC(n4cnc6c(=O)[nH]c(N)nc64)OC2CO)OCO3)C5C)C1C. The molecule has 20 N–H and O–H groups in total. The van der Waals surface area contributed by atoms with Gasteiger partial charge in [0.15, 0.2) is 97.4 Å². The van der Waals surface area contributed by atoms with Crippen LogP contribution in [0, 0.1) is 0 Å².